The van der Waals surface area contributed by atoms with E-state index in [0.29, 0.717) is 17.4 Å². The quantitative estimate of drug-likeness (QED) is 0.0243. The summed E-state index contributed by atoms with van der Waals surface area (Å²) in [7, 11) is 1.50. The number of hydrogen-bond donors (Lipinski definition) is 3. The van der Waals surface area contributed by atoms with E-state index in [1.807, 2.05) is 27.2 Å². The molecular weight excluding hydrogens is 840 g/mol. The Morgan fingerprint density at radius 1 is 0.530 bits per heavy atom. The molecule has 0 saturated carbocycles. The fraction of sp³-hybridized carbons (Fsp3) is 0.667. The number of unbranched alkanes of at least 4 members (excludes halogenated alkanes) is 17. The predicted octanol–water partition coefficient (Wildman–Crippen LogP) is 15.6. The molecule has 0 spiro atoms. The Hall–Kier alpha value is -2.84. The van der Waals surface area contributed by atoms with Crippen LogP contribution >= 0.6 is 7.82 Å². The lowest BCUT2D eigenvalue weighted by molar-refractivity contribution is -0.870. The summed E-state index contributed by atoms with van der Waals surface area (Å²) in [5.74, 6) is -0.248. The maximum Gasteiger partial charge on any atom is 0.472 e. The van der Waals surface area contributed by atoms with E-state index in [2.05, 4.69) is 116 Å². The second-order valence-electron chi connectivity index (χ2n) is 18.5. The minimum absolute atomic E-state index is 0.0390. The molecule has 0 aromatic carbocycles. The molecule has 1 amide bonds. The van der Waals surface area contributed by atoms with Crippen LogP contribution in [-0.2, 0) is 18.4 Å². The van der Waals surface area contributed by atoms with Gasteiger partial charge >= 0.3 is 7.82 Å². The van der Waals surface area contributed by atoms with Gasteiger partial charge in [-0.25, -0.2) is 4.57 Å². The standard InChI is InChI=1S/C57H99N2O6P/c1-6-8-10-12-14-16-18-20-22-24-26-28-29-31-33-35-37-39-41-43-45-47-49-51-57(61)58-55(54-65-66(62,63)64-53-52-59(3,4)5)56(60)50-48-46-44-42-40-38-36-34-32-30-27-25-23-21-19-17-15-13-11-9-7-2/h8,10,14,16,20,22,26,28,31,33,37,39-40,42-43,45,48,50,55-56,60H,6-7,9,11-13,15,17-19,21,23-25,27,29-30,32,34-36,38,41,44,46-47,49,51-54H2,1-5H3,(H-,58,61,62,63)/p+1/b10-8-,16-14-,22-20-,28-26-,33-31-,39-37-,42-40+,45-43-,50-48+. The van der Waals surface area contributed by atoms with Crippen LogP contribution in [0.5, 0.6) is 0 Å². The van der Waals surface area contributed by atoms with E-state index in [4.69, 9.17) is 9.05 Å². The Morgan fingerprint density at radius 2 is 0.924 bits per heavy atom. The number of aliphatic hydroxyl groups excluding tert-OH is 1. The Kier molecular flexibility index (Phi) is 45.2. The van der Waals surface area contributed by atoms with Gasteiger partial charge < -0.3 is 19.8 Å². The zero-order valence-corrected chi connectivity index (χ0v) is 43.8. The Balaban J connectivity index is 4.49. The second-order valence-corrected chi connectivity index (χ2v) is 20.0. The molecule has 0 rings (SSSR count). The highest BCUT2D eigenvalue weighted by molar-refractivity contribution is 7.47. The fourth-order valence-corrected chi connectivity index (χ4v) is 7.60. The molecular formula is C57H100N2O6P+. The molecule has 8 nitrogen and oxygen atoms in total. The number of phosphoric acid groups is 1. The number of allylic oxidation sites excluding steroid dienone is 17. The van der Waals surface area contributed by atoms with Crippen LogP contribution in [0.4, 0.5) is 0 Å². The van der Waals surface area contributed by atoms with Crippen molar-refractivity contribution in [1.29, 1.82) is 0 Å². The van der Waals surface area contributed by atoms with E-state index in [0.717, 1.165) is 70.6 Å². The van der Waals surface area contributed by atoms with E-state index in [9.17, 15) is 19.4 Å². The second kappa shape index (κ2) is 47.2. The highest BCUT2D eigenvalue weighted by Crippen LogP contribution is 2.43. The summed E-state index contributed by atoms with van der Waals surface area (Å²) >= 11 is 0. The number of phosphoric ester groups is 1. The predicted molar refractivity (Wildman–Crippen MR) is 285 cm³/mol. The van der Waals surface area contributed by atoms with Gasteiger partial charge in [-0.15, -0.1) is 0 Å². The number of carbonyl (C=O) groups is 1. The van der Waals surface area contributed by atoms with Gasteiger partial charge in [0, 0.05) is 6.42 Å². The number of aliphatic hydroxyl groups is 1. The Morgan fingerprint density at radius 3 is 1.39 bits per heavy atom. The number of amides is 1. The minimum atomic E-state index is -4.38. The van der Waals surface area contributed by atoms with Gasteiger partial charge in [0.1, 0.15) is 13.2 Å². The zero-order chi connectivity index (χ0) is 48.5. The molecule has 0 heterocycles. The summed E-state index contributed by atoms with van der Waals surface area (Å²) in [6, 6.07) is -0.902. The third-order valence-electron chi connectivity index (χ3n) is 11.0. The van der Waals surface area contributed by atoms with Gasteiger partial charge in [-0.2, -0.15) is 0 Å². The number of carbonyl (C=O) groups excluding carboxylic acids is 1. The summed E-state index contributed by atoms with van der Waals surface area (Å²) in [4.78, 5) is 23.2. The first-order valence-corrected chi connectivity index (χ1v) is 27.8. The van der Waals surface area contributed by atoms with Gasteiger partial charge in [0.15, 0.2) is 0 Å². The van der Waals surface area contributed by atoms with Crippen molar-refractivity contribution in [3.63, 3.8) is 0 Å². The van der Waals surface area contributed by atoms with Gasteiger partial charge in [0.05, 0.1) is 39.9 Å². The number of nitrogens with one attached hydrogen (secondary N) is 1. The number of rotatable bonds is 46. The number of quaternary nitrogens is 1. The van der Waals surface area contributed by atoms with Crippen LogP contribution < -0.4 is 5.32 Å². The van der Waals surface area contributed by atoms with Crippen LogP contribution in [0.25, 0.3) is 0 Å². The van der Waals surface area contributed by atoms with Crippen LogP contribution in [0, 0.1) is 0 Å². The molecule has 3 unspecified atom stereocenters. The summed E-state index contributed by atoms with van der Waals surface area (Å²) in [6.45, 7) is 4.63. The average Bonchev–Trinajstić information content (AvgIpc) is 3.28. The number of hydrogen-bond acceptors (Lipinski definition) is 5. The topological polar surface area (TPSA) is 105 Å². The highest BCUT2D eigenvalue weighted by atomic mass is 31.2. The lowest BCUT2D eigenvalue weighted by Crippen LogP contribution is -2.45. The molecule has 0 bridgehead atoms. The summed E-state index contributed by atoms with van der Waals surface area (Å²) in [5, 5.41) is 13.8. The summed E-state index contributed by atoms with van der Waals surface area (Å²) in [6.07, 6.45) is 69.0. The molecule has 3 N–H and O–H groups in total. The Bertz CT molecular complexity index is 1440. The van der Waals surface area contributed by atoms with Crippen molar-refractivity contribution < 1.29 is 32.9 Å². The van der Waals surface area contributed by atoms with Gasteiger partial charge in [0.25, 0.3) is 0 Å². The summed E-state index contributed by atoms with van der Waals surface area (Å²) < 4.78 is 23.6. The van der Waals surface area contributed by atoms with Gasteiger partial charge in [0.2, 0.25) is 5.91 Å². The molecule has 0 aliphatic heterocycles. The minimum Gasteiger partial charge on any atom is -0.387 e. The molecule has 0 aliphatic carbocycles. The van der Waals surface area contributed by atoms with Crippen LogP contribution in [-0.4, -0.2) is 73.4 Å². The van der Waals surface area contributed by atoms with Crippen molar-refractivity contribution in [2.75, 3.05) is 40.9 Å². The average molecular weight is 940 g/mol. The molecule has 66 heavy (non-hydrogen) atoms. The van der Waals surface area contributed by atoms with Gasteiger partial charge in [-0.1, -0.05) is 213 Å². The number of likely N-dealkylation sites (N-methyl/N-ethyl adjacent to an activating group) is 1. The van der Waals surface area contributed by atoms with Gasteiger partial charge in [-0.05, 0) is 83.5 Å². The van der Waals surface area contributed by atoms with Crippen LogP contribution in [0.3, 0.4) is 0 Å². The molecule has 378 valence electrons. The van der Waals surface area contributed by atoms with Crippen molar-refractivity contribution in [2.24, 2.45) is 0 Å². The van der Waals surface area contributed by atoms with E-state index < -0.39 is 20.0 Å². The first-order valence-electron chi connectivity index (χ1n) is 26.3. The SMILES string of the molecule is CC/C=C\C/C=C\C/C=C\C/C=C\C/C=C\C/C=C\C/C=C\CCCC(=O)NC(COP(=O)(O)OCC[N+](C)(C)C)C(O)/C=C/CC/C=C/CCCCCCCCCCCCCCCCC. The molecule has 3 atom stereocenters. The van der Waals surface area contributed by atoms with Crippen molar-refractivity contribution in [3.8, 4) is 0 Å². The van der Waals surface area contributed by atoms with E-state index in [1.165, 1.54) is 96.3 Å². The fourth-order valence-electron chi connectivity index (χ4n) is 6.87. The third-order valence-corrected chi connectivity index (χ3v) is 12.0. The first kappa shape index (κ1) is 63.2. The van der Waals surface area contributed by atoms with Crippen molar-refractivity contribution in [2.45, 2.75) is 206 Å². The molecule has 0 aliphatic rings. The molecule has 0 radical (unpaired) electrons. The largest absolute Gasteiger partial charge is 0.472 e. The van der Waals surface area contributed by atoms with E-state index >= 15 is 0 Å². The Labute approximate surface area is 406 Å². The van der Waals surface area contributed by atoms with E-state index in [1.54, 1.807) is 6.08 Å². The third kappa shape index (κ3) is 49.1. The lowest BCUT2D eigenvalue weighted by Gasteiger charge is -2.25. The van der Waals surface area contributed by atoms with Crippen LogP contribution in [0.1, 0.15) is 194 Å². The zero-order valence-electron chi connectivity index (χ0n) is 42.9. The van der Waals surface area contributed by atoms with Crippen LogP contribution in [0.2, 0.25) is 0 Å². The van der Waals surface area contributed by atoms with Crippen LogP contribution in [0.15, 0.2) is 109 Å². The number of nitrogens with zero attached hydrogens (tertiary/aromatic N) is 1. The first-order chi connectivity index (χ1) is 32.0. The summed E-state index contributed by atoms with van der Waals surface area (Å²) in [5.41, 5.74) is 0. The molecule has 0 fully saturated rings. The van der Waals surface area contributed by atoms with Crippen molar-refractivity contribution in [1.82, 2.24) is 5.32 Å². The van der Waals surface area contributed by atoms with E-state index in [-0.39, 0.29) is 25.5 Å². The maximum atomic E-state index is 12.9. The molecule has 0 aromatic rings. The van der Waals surface area contributed by atoms with Crippen molar-refractivity contribution >= 4 is 13.7 Å². The maximum absolute atomic E-state index is 12.9. The smallest absolute Gasteiger partial charge is 0.387 e. The monoisotopic (exact) mass is 940 g/mol. The highest BCUT2D eigenvalue weighted by Gasteiger charge is 2.27. The molecule has 0 saturated heterocycles. The molecule has 9 heteroatoms. The normalized spacial score (nSPS) is 15.0. The van der Waals surface area contributed by atoms with Crippen molar-refractivity contribution in [3.05, 3.63) is 109 Å². The molecule has 0 aromatic heterocycles. The van der Waals surface area contributed by atoms with Gasteiger partial charge in [-0.3, -0.25) is 13.8 Å². The lowest BCUT2D eigenvalue weighted by atomic mass is 10.0.